The van der Waals surface area contributed by atoms with Gasteiger partial charge in [-0.2, -0.15) is 0 Å². The Morgan fingerprint density at radius 1 is 1.00 bits per heavy atom. The highest BCUT2D eigenvalue weighted by molar-refractivity contribution is 4.99. The van der Waals surface area contributed by atoms with Crippen molar-refractivity contribution in [2.24, 2.45) is 17.3 Å². The maximum atomic E-state index is 6.10. The van der Waals surface area contributed by atoms with E-state index in [1.807, 2.05) is 0 Å². The fourth-order valence-corrected chi connectivity index (χ4v) is 5.36. The molecule has 4 rings (SSSR count). The molecule has 2 aliphatic carbocycles. The number of hydrogen-bond acceptors (Lipinski definition) is 3. The summed E-state index contributed by atoms with van der Waals surface area (Å²) in [5.74, 6) is 1.68. The summed E-state index contributed by atoms with van der Waals surface area (Å²) in [6.45, 7) is 7.31. The minimum absolute atomic E-state index is 0.563. The Morgan fingerprint density at radius 2 is 1.73 bits per heavy atom. The zero-order chi connectivity index (χ0) is 15.0. The van der Waals surface area contributed by atoms with Crippen LogP contribution in [0.5, 0.6) is 0 Å². The van der Waals surface area contributed by atoms with Crippen LogP contribution in [0.15, 0.2) is 0 Å². The van der Waals surface area contributed by atoms with Gasteiger partial charge in [0.15, 0.2) is 0 Å². The minimum atomic E-state index is 0.563. The molecule has 1 spiro atoms. The van der Waals surface area contributed by atoms with E-state index < -0.39 is 0 Å². The van der Waals surface area contributed by atoms with E-state index in [0.717, 1.165) is 31.1 Å². The van der Waals surface area contributed by atoms with Crippen LogP contribution in [-0.4, -0.2) is 62.3 Å². The lowest BCUT2D eigenvalue weighted by Crippen LogP contribution is -2.48. The average molecular weight is 306 g/mol. The molecule has 2 saturated heterocycles. The van der Waals surface area contributed by atoms with Crippen LogP contribution < -0.4 is 0 Å². The number of hydrogen-bond donors (Lipinski definition) is 0. The molecule has 2 aliphatic heterocycles. The predicted molar refractivity (Wildman–Crippen MR) is 90.0 cm³/mol. The van der Waals surface area contributed by atoms with Crippen LogP contribution >= 0.6 is 0 Å². The summed E-state index contributed by atoms with van der Waals surface area (Å²) in [5, 5.41) is 0. The van der Waals surface area contributed by atoms with Gasteiger partial charge in [0.2, 0.25) is 0 Å². The van der Waals surface area contributed by atoms with Gasteiger partial charge < -0.3 is 14.5 Å². The Morgan fingerprint density at radius 3 is 2.41 bits per heavy atom. The van der Waals surface area contributed by atoms with Crippen LogP contribution in [-0.2, 0) is 4.74 Å². The molecule has 4 aliphatic rings. The third kappa shape index (κ3) is 3.22. The van der Waals surface area contributed by atoms with Gasteiger partial charge in [-0.05, 0) is 70.0 Å². The number of ether oxygens (including phenoxy) is 1. The molecule has 2 heterocycles. The second-order valence-corrected chi connectivity index (χ2v) is 8.71. The van der Waals surface area contributed by atoms with Crippen LogP contribution in [0, 0.1) is 17.3 Å². The zero-order valence-electron chi connectivity index (χ0n) is 14.4. The molecule has 0 aromatic heterocycles. The number of piperidine rings is 1. The Balaban J connectivity index is 1.32. The fraction of sp³-hybridized carbons (Fsp3) is 1.00. The average Bonchev–Trinajstić information content (AvgIpc) is 3.07. The van der Waals surface area contributed by atoms with E-state index in [4.69, 9.17) is 4.74 Å². The van der Waals surface area contributed by atoms with Crippen LogP contribution in [0.1, 0.15) is 51.4 Å². The fourth-order valence-electron chi connectivity index (χ4n) is 5.36. The molecule has 0 N–H and O–H groups in total. The van der Waals surface area contributed by atoms with Crippen molar-refractivity contribution in [3.8, 4) is 0 Å². The Labute approximate surface area is 136 Å². The van der Waals surface area contributed by atoms with Crippen LogP contribution in [0.2, 0.25) is 0 Å². The predicted octanol–water partition coefficient (Wildman–Crippen LogP) is 3.00. The molecule has 0 amide bonds. The van der Waals surface area contributed by atoms with E-state index in [9.17, 15) is 0 Å². The molecule has 2 saturated carbocycles. The lowest BCUT2D eigenvalue weighted by molar-refractivity contribution is 0.00914. The van der Waals surface area contributed by atoms with Crippen molar-refractivity contribution in [3.63, 3.8) is 0 Å². The van der Waals surface area contributed by atoms with Crippen molar-refractivity contribution in [1.29, 1.82) is 0 Å². The Hall–Kier alpha value is -0.120. The molecule has 126 valence electrons. The van der Waals surface area contributed by atoms with Crippen molar-refractivity contribution in [2.75, 3.05) is 46.4 Å². The molecule has 3 nitrogen and oxygen atoms in total. The largest absolute Gasteiger partial charge is 0.381 e. The molecule has 0 aromatic rings. The molecular weight excluding hydrogens is 272 g/mol. The van der Waals surface area contributed by atoms with Gasteiger partial charge in [0.1, 0.15) is 0 Å². The molecule has 3 heteroatoms. The third-order valence-corrected chi connectivity index (χ3v) is 6.99. The van der Waals surface area contributed by atoms with Crippen molar-refractivity contribution >= 4 is 0 Å². The lowest BCUT2D eigenvalue weighted by atomic mass is 9.71. The highest BCUT2D eigenvalue weighted by atomic mass is 16.5. The summed E-state index contributed by atoms with van der Waals surface area (Å²) < 4.78 is 6.10. The minimum Gasteiger partial charge on any atom is -0.381 e. The van der Waals surface area contributed by atoms with Crippen molar-refractivity contribution < 1.29 is 4.74 Å². The zero-order valence-corrected chi connectivity index (χ0v) is 14.4. The van der Waals surface area contributed by atoms with E-state index in [2.05, 4.69) is 16.8 Å². The standard InChI is InChI=1S/C19H34N2O/c1-20-12-17(14-22-13-16-6-7-16)19(15-20)8-10-21(11-9-19)18-4-2-3-5-18/h16-18H,2-15H2,1H3/t17-/m1/s1. The molecule has 22 heavy (non-hydrogen) atoms. The monoisotopic (exact) mass is 306 g/mol. The first-order valence-corrected chi connectivity index (χ1v) is 9.75. The first kappa shape index (κ1) is 15.4. The summed E-state index contributed by atoms with van der Waals surface area (Å²) >= 11 is 0. The van der Waals surface area contributed by atoms with E-state index in [-0.39, 0.29) is 0 Å². The molecule has 0 aromatic carbocycles. The normalized spacial score (nSPS) is 34.0. The topological polar surface area (TPSA) is 15.7 Å². The van der Waals surface area contributed by atoms with Crippen LogP contribution in [0.25, 0.3) is 0 Å². The SMILES string of the molecule is CN1C[C@H](COCC2CC2)C2(CCN(C3CCCC3)CC2)C1. The van der Waals surface area contributed by atoms with E-state index in [1.54, 1.807) is 0 Å². The van der Waals surface area contributed by atoms with Crippen molar-refractivity contribution in [1.82, 2.24) is 9.80 Å². The van der Waals surface area contributed by atoms with Gasteiger partial charge in [-0.15, -0.1) is 0 Å². The van der Waals surface area contributed by atoms with Gasteiger partial charge in [0.05, 0.1) is 6.61 Å². The van der Waals surface area contributed by atoms with Crippen LogP contribution in [0.4, 0.5) is 0 Å². The van der Waals surface area contributed by atoms with Gasteiger partial charge in [-0.25, -0.2) is 0 Å². The van der Waals surface area contributed by atoms with E-state index >= 15 is 0 Å². The maximum Gasteiger partial charge on any atom is 0.0512 e. The summed E-state index contributed by atoms with van der Waals surface area (Å²) in [6, 6.07) is 0.918. The van der Waals surface area contributed by atoms with E-state index in [1.165, 1.54) is 77.5 Å². The highest BCUT2D eigenvalue weighted by Gasteiger charge is 2.47. The summed E-state index contributed by atoms with van der Waals surface area (Å²) in [7, 11) is 2.31. The van der Waals surface area contributed by atoms with Gasteiger partial charge in [-0.3, -0.25) is 0 Å². The van der Waals surface area contributed by atoms with Crippen molar-refractivity contribution in [2.45, 2.75) is 57.4 Å². The van der Waals surface area contributed by atoms with Gasteiger partial charge in [-0.1, -0.05) is 12.8 Å². The van der Waals surface area contributed by atoms with Gasteiger partial charge in [0, 0.05) is 31.7 Å². The number of nitrogens with zero attached hydrogens (tertiary/aromatic N) is 2. The quantitative estimate of drug-likeness (QED) is 0.776. The smallest absolute Gasteiger partial charge is 0.0512 e. The highest BCUT2D eigenvalue weighted by Crippen LogP contribution is 2.45. The molecular formula is C19H34N2O. The molecule has 1 atom stereocenters. The summed E-state index contributed by atoms with van der Waals surface area (Å²) in [6.07, 6.45) is 11.5. The van der Waals surface area contributed by atoms with Crippen molar-refractivity contribution in [3.05, 3.63) is 0 Å². The first-order chi connectivity index (χ1) is 10.8. The second kappa shape index (κ2) is 6.41. The Bertz CT molecular complexity index is 368. The maximum absolute atomic E-state index is 6.10. The molecule has 0 unspecified atom stereocenters. The molecule has 0 bridgehead atoms. The summed E-state index contributed by atoms with van der Waals surface area (Å²) in [5.41, 5.74) is 0.563. The van der Waals surface area contributed by atoms with Crippen LogP contribution in [0.3, 0.4) is 0 Å². The second-order valence-electron chi connectivity index (χ2n) is 8.71. The lowest BCUT2D eigenvalue weighted by Gasteiger charge is -2.44. The summed E-state index contributed by atoms with van der Waals surface area (Å²) in [4.78, 5) is 5.38. The first-order valence-electron chi connectivity index (χ1n) is 9.75. The molecule has 4 fully saturated rings. The Kier molecular flexibility index (Phi) is 4.49. The van der Waals surface area contributed by atoms with Gasteiger partial charge >= 0.3 is 0 Å². The number of rotatable bonds is 5. The van der Waals surface area contributed by atoms with E-state index in [0.29, 0.717) is 5.41 Å². The third-order valence-electron chi connectivity index (χ3n) is 6.99. The van der Waals surface area contributed by atoms with Gasteiger partial charge in [0.25, 0.3) is 0 Å². The molecule has 0 radical (unpaired) electrons. The number of likely N-dealkylation sites (tertiary alicyclic amines) is 2.